The summed E-state index contributed by atoms with van der Waals surface area (Å²) in [6.45, 7) is 10.9. The summed E-state index contributed by atoms with van der Waals surface area (Å²) in [6, 6.07) is 4.86. The van der Waals surface area contributed by atoms with Crippen molar-refractivity contribution >= 4 is 17.4 Å². The monoisotopic (exact) mass is 785 g/mol. The van der Waals surface area contributed by atoms with Crippen LogP contribution in [0.15, 0.2) is 28.4 Å². The van der Waals surface area contributed by atoms with Crippen LogP contribution in [0.5, 0.6) is 0 Å². The Labute approximate surface area is 264 Å². The van der Waals surface area contributed by atoms with Crippen LogP contribution < -0.4 is 5.73 Å². The molecule has 40 heavy (non-hydrogen) atoms. The zero-order chi connectivity index (χ0) is 28.2. The van der Waals surface area contributed by atoms with E-state index >= 15 is 0 Å². The minimum atomic E-state index is -0.590. The molecule has 1 amide bonds. The third-order valence-electron chi connectivity index (χ3n) is 6.78. The fraction of sp³-hybridized carbons (Fsp3) is 0.613. The van der Waals surface area contributed by atoms with Crippen LogP contribution in [-0.4, -0.2) is 54.1 Å². The van der Waals surface area contributed by atoms with Crippen molar-refractivity contribution in [2.45, 2.75) is 104 Å². The number of carbonyl (C=O) groups excluding carboxylic acids is 2. The Morgan fingerprint density at radius 3 is 2.23 bits per heavy atom. The molecular weight excluding hydrogens is 738 g/mol. The van der Waals surface area contributed by atoms with E-state index in [1.807, 2.05) is 19.9 Å². The summed E-state index contributed by atoms with van der Waals surface area (Å²) in [5, 5.41) is 0. The molecule has 2 aliphatic rings. The van der Waals surface area contributed by atoms with Crippen molar-refractivity contribution in [1.82, 2.24) is 4.90 Å². The fourth-order valence-corrected chi connectivity index (χ4v) is 5.08. The van der Waals surface area contributed by atoms with Gasteiger partial charge in [-0.05, 0) is 58.8 Å². The van der Waals surface area contributed by atoms with Crippen LogP contribution in [0.3, 0.4) is 0 Å². The molecule has 0 bridgehead atoms. The molecule has 2 fully saturated rings. The number of allylic oxidation sites excluding steroid dienone is 1. The van der Waals surface area contributed by atoms with E-state index in [0.717, 1.165) is 68.2 Å². The number of amides is 1. The molecule has 1 aliphatic carbocycles. The number of nitrogens with zero attached hydrogens (tertiary/aromatic N) is 2. The van der Waals surface area contributed by atoms with Crippen molar-refractivity contribution in [3.63, 3.8) is 0 Å². The quantitative estimate of drug-likeness (QED) is 0.234. The third kappa shape index (κ3) is 12.5. The number of Topliss-reactive ketones (excluding diaryl/α,β-unsaturated/α-hetero) is 1. The summed E-state index contributed by atoms with van der Waals surface area (Å²) in [7, 11) is 0. The van der Waals surface area contributed by atoms with Gasteiger partial charge in [-0.15, -0.1) is 23.8 Å². The zero-order valence-electron chi connectivity index (χ0n) is 25.1. The predicted molar refractivity (Wildman–Crippen MR) is 153 cm³/mol. The van der Waals surface area contributed by atoms with Gasteiger partial charge in [0.05, 0.1) is 18.8 Å². The van der Waals surface area contributed by atoms with Gasteiger partial charge in [0.1, 0.15) is 5.70 Å². The summed E-state index contributed by atoms with van der Waals surface area (Å²) in [6.07, 6.45) is 7.75. The molecule has 1 saturated heterocycles. The van der Waals surface area contributed by atoms with Crippen LogP contribution in [-0.2, 0) is 14.3 Å². The van der Waals surface area contributed by atoms with Gasteiger partial charge in [0.2, 0.25) is 0 Å². The first-order valence-corrected chi connectivity index (χ1v) is 13.9. The van der Waals surface area contributed by atoms with Crippen LogP contribution in [0.4, 0.5) is 8.78 Å². The third-order valence-corrected chi connectivity index (χ3v) is 6.78. The van der Waals surface area contributed by atoms with Gasteiger partial charge >= 0.3 is 31.1 Å². The molecule has 0 spiro atoms. The number of rotatable bonds is 9. The van der Waals surface area contributed by atoms with Gasteiger partial charge < -0.3 is 22.8 Å². The van der Waals surface area contributed by atoms with Crippen molar-refractivity contribution in [3.8, 4) is 0 Å². The van der Waals surface area contributed by atoms with Gasteiger partial charge in [-0.3, -0.25) is 14.6 Å². The average molecular weight is 786 g/mol. The number of aliphatic imine (C=N–C) groups is 1. The van der Waals surface area contributed by atoms with Gasteiger partial charge in [0, 0.05) is 36.0 Å². The average Bonchev–Trinajstić information content (AvgIpc) is 3.32. The van der Waals surface area contributed by atoms with Crippen molar-refractivity contribution in [2.24, 2.45) is 10.7 Å². The Hall–Kier alpha value is -1.56. The van der Waals surface area contributed by atoms with Crippen LogP contribution in [0, 0.1) is 56.2 Å². The van der Waals surface area contributed by atoms with Crippen LogP contribution in [0.1, 0.15) is 97.5 Å². The Morgan fingerprint density at radius 1 is 1.10 bits per heavy atom. The molecule has 222 valence electrons. The van der Waals surface area contributed by atoms with E-state index in [1.54, 1.807) is 4.90 Å². The maximum atomic E-state index is 13.1. The van der Waals surface area contributed by atoms with Gasteiger partial charge in [-0.2, -0.15) is 0 Å². The number of unbranched alkanes of at least 4 members (excludes halogenated alkanes) is 1. The normalized spacial score (nSPS) is 21.5. The first-order chi connectivity index (χ1) is 18.0. The number of hydrogen-bond acceptors (Lipinski definition) is 5. The topological polar surface area (TPSA) is 85.0 Å². The molecule has 1 aromatic carbocycles. The SMILES string of the molecule is CC(=O)CN=C1CCC/C1=C(/N)C(=O)N1C[C@@H](C)O[C@@H](C)C1.CCCCC(CCC)c1cc(F)[c-]c(F)c1.[CH3-].[U+2]. The molecule has 1 aliphatic heterocycles. The first kappa shape index (κ1) is 38.4. The van der Waals surface area contributed by atoms with E-state index in [2.05, 4.69) is 18.8 Å². The molecule has 1 aromatic rings. The molecule has 6 nitrogen and oxygen atoms in total. The van der Waals surface area contributed by atoms with E-state index < -0.39 is 11.6 Å². The summed E-state index contributed by atoms with van der Waals surface area (Å²) in [5.41, 5.74) is 8.82. The van der Waals surface area contributed by atoms with Crippen molar-refractivity contribution in [2.75, 3.05) is 19.6 Å². The molecule has 3 atom stereocenters. The summed E-state index contributed by atoms with van der Waals surface area (Å²) in [5.74, 6) is -1.03. The Bertz CT molecular complexity index is 985. The molecule has 0 radical (unpaired) electrons. The predicted octanol–water partition coefficient (Wildman–Crippen LogP) is 6.34. The number of ketones is 1. The molecule has 2 N–H and O–H groups in total. The number of carbonyl (C=O) groups is 2. The van der Waals surface area contributed by atoms with Crippen molar-refractivity contribution in [3.05, 3.63) is 54.1 Å². The maximum absolute atomic E-state index is 13.1. The summed E-state index contributed by atoms with van der Waals surface area (Å²) >= 11 is 0. The van der Waals surface area contributed by atoms with E-state index in [-0.39, 0.29) is 80.6 Å². The smallest absolute Gasteiger partial charge is 0.394 e. The number of hydrogen-bond donors (Lipinski definition) is 1. The van der Waals surface area contributed by atoms with Crippen molar-refractivity contribution in [1.29, 1.82) is 0 Å². The molecule has 0 aromatic heterocycles. The van der Waals surface area contributed by atoms with Crippen LogP contribution in [0.2, 0.25) is 0 Å². The minimum Gasteiger partial charge on any atom is -0.394 e. The second kappa shape index (κ2) is 19.5. The maximum Gasteiger partial charge on any atom is 2.00 e. The van der Waals surface area contributed by atoms with E-state index in [9.17, 15) is 18.4 Å². The molecule has 9 heteroatoms. The minimum absolute atomic E-state index is 0. The van der Waals surface area contributed by atoms with Crippen molar-refractivity contribution < 1.29 is 54.2 Å². The standard InChI is InChI=1S/C16H25N3O3.C14H19F2.CH3.U/c1-10(20)7-18-14-6-4-5-13(14)15(17)16(21)19-8-11(2)22-12(3)9-19;1-3-5-7-11(6-4-2)12-8-13(15)10-14(16)9-12;;/h11-12H,4-9,17H2,1-3H3;8-9,11H,3-7H2,1-2H3;1H3;/q;2*-1;+2/b15-13-,18-14?;;;/t11-,12+;;;. The Balaban J connectivity index is 0.000000758. The Morgan fingerprint density at radius 2 is 1.70 bits per heavy atom. The second-order valence-electron chi connectivity index (χ2n) is 10.4. The van der Waals surface area contributed by atoms with E-state index in [1.165, 1.54) is 19.1 Å². The largest absolute Gasteiger partial charge is 2.00 e. The van der Waals surface area contributed by atoms with E-state index in [4.69, 9.17) is 10.5 Å². The Kier molecular flexibility index (Phi) is 18.8. The van der Waals surface area contributed by atoms with E-state index in [0.29, 0.717) is 13.1 Å². The zero-order valence-corrected chi connectivity index (χ0v) is 29.3. The summed E-state index contributed by atoms with van der Waals surface area (Å²) in [4.78, 5) is 29.8. The number of halogens is 2. The fourth-order valence-electron chi connectivity index (χ4n) is 5.08. The number of nitrogens with two attached hydrogens (primary N) is 1. The first-order valence-electron chi connectivity index (χ1n) is 13.9. The van der Waals surface area contributed by atoms with Gasteiger partial charge in [-0.25, -0.2) is 8.78 Å². The number of benzene rings is 1. The number of ether oxygens (including phenoxy) is 1. The van der Waals surface area contributed by atoms with Gasteiger partial charge in [0.25, 0.3) is 5.91 Å². The number of morpholine rings is 1. The second-order valence-corrected chi connectivity index (χ2v) is 10.4. The van der Waals surface area contributed by atoms with Gasteiger partial charge in [0.15, 0.2) is 5.78 Å². The molecule has 3 rings (SSSR count). The molecule has 1 saturated carbocycles. The van der Waals surface area contributed by atoms with Crippen LogP contribution >= 0.6 is 0 Å². The molecule has 1 heterocycles. The molecular formula is C31H47F2N3O3U. The van der Waals surface area contributed by atoms with Crippen LogP contribution in [0.25, 0.3) is 0 Å². The van der Waals surface area contributed by atoms with Gasteiger partial charge in [-0.1, -0.05) is 33.1 Å². The summed E-state index contributed by atoms with van der Waals surface area (Å²) < 4.78 is 31.8. The molecule has 1 unspecified atom stereocenters.